The number of anilines is 1. The van der Waals surface area contributed by atoms with Crippen molar-refractivity contribution >= 4 is 17.6 Å². The average Bonchev–Trinajstić information content (AvgIpc) is 2.52. The summed E-state index contributed by atoms with van der Waals surface area (Å²) in [5.41, 5.74) is 0.241. The fourth-order valence-corrected chi connectivity index (χ4v) is 2.13. The van der Waals surface area contributed by atoms with Crippen molar-refractivity contribution in [3.8, 4) is 11.5 Å². The molecular weight excluding hydrogens is 321 g/mol. The molecule has 24 heavy (non-hydrogen) atoms. The van der Waals surface area contributed by atoms with Gasteiger partial charge in [-0.3, -0.25) is 4.99 Å². The Labute approximate surface area is 137 Å². The van der Waals surface area contributed by atoms with Crippen molar-refractivity contribution < 1.29 is 23.0 Å². The number of aliphatic imine (C=N–C) groups is 1. The molecule has 0 unspecified atom stereocenters. The van der Waals surface area contributed by atoms with E-state index < -0.39 is 11.7 Å². The van der Waals surface area contributed by atoms with Gasteiger partial charge in [0.2, 0.25) is 0 Å². The molecule has 2 rings (SSSR count). The molecule has 2 aromatic carbocycles. The first-order valence-electron chi connectivity index (χ1n) is 7.02. The van der Waals surface area contributed by atoms with Crippen LogP contribution < -0.4 is 9.64 Å². The minimum atomic E-state index is -4.45. The molecule has 4 nitrogen and oxygen atoms in total. The van der Waals surface area contributed by atoms with Gasteiger partial charge >= 0.3 is 6.18 Å². The highest BCUT2D eigenvalue weighted by atomic mass is 19.4. The summed E-state index contributed by atoms with van der Waals surface area (Å²) in [4.78, 5) is 5.79. The Hall–Kier alpha value is -2.70. The minimum absolute atomic E-state index is 0.123. The maximum Gasteiger partial charge on any atom is 0.416 e. The third kappa shape index (κ3) is 3.79. The zero-order chi connectivity index (χ0) is 17.9. The first-order chi connectivity index (χ1) is 11.2. The Bertz CT molecular complexity index is 756. The molecule has 0 aliphatic carbocycles. The van der Waals surface area contributed by atoms with Crippen molar-refractivity contribution in [2.75, 3.05) is 26.1 Å². The zero-order valence-corrected chi connectivity index (χ0v) is 13.4. The van der Waals surface area contributed by atoms with Gasteiger partial charge in [0.25, 0.3) is 0 Å². The van der Waals surface area contributed by atoms with E-state index in [-0.39, 0.29) is 17.2 Å². The number of alkyl halides is 3. The van der Waals surface area contributed by atoms with Gasteiger partial charge in [0, 0.05) is 25.9 Å². The number of benzene rings is 2. The summed E-state index contributed by atoms with van der Waals surface area (Å²) in [5.74, 6) is 0.137. The van der Waals surface area contributed by atoms with Crippen molar-refractivity contribution in [3.63, 3.8) is 0 Å². The van der Waals surface area contributed by atoms with Gasteiger partial charge in [0.15, 0.2) is 11.5 Å². The molecule has 0 heterocycles. The minimum Gasteiger partial charge on any atom is -0.504 e. The number of aromatic hydroxyl groups is 1. The van der Waals surface area contributed by atoms with E-state index in [9.17, 15) is 18.3 Å². The highest BCUT2D eigenvalue weighted by molar-refractivity contribution is 5.88. The van der Waals surface area contributed by atoms with Gasteiger partial charge in [0.1, 0.15) is 0 Å². The Morgan fingerprint density at radius 1 is 1.17 bits per heavy atom. The fourth-order valence-electron chi connectivity index (χ4n) is 2.13. The molecule has 2 aromatic rings. The van der Waals surface area contributed by atoms with Crippen LogP contribution in [0.5, 0.6) is 11.5 Å². The van der Waals surface area contributed by atoms with Crippen LogP contribution in [-0.4, -0.2) is 32.5 Å². The molecule has 0 amide bonds. The summed E-state index contributed by atoms with van der Waals surface area (Å²) in [5, 5.41) is 10.0. The Morgan fingerprint density at radius 3 is 2.46 bits per heavy atom. The van der Waals surface area contributed by atoms with Crippen molar-refractivity contribution in [2.24, 2.45) is 4.99 Å². The number of phenolic OH excluding ortho intramolecular Hbond substituents is 1. The van der Waals surface area contributed by atoms with Crippen LogP contribution in [0, 0.1) is 0 Å². The van der Waals surface area contributed by atoms with Crippen molar-refractivity contribution in [2.45, 2.75) is 6.18 Å². The molecule has 1 N–H and O–H groups in total. The van der Waals surface area contributed by atoms with E-state index in [1.807, 2.05) is 0 Å². The van der Waals surface area contributed by atoms with Crippen molar-refractivity contribution in [1.29, 1.82) is 0 Å². The van der Waals surface area contributed by atoms with Gasteiger partial charge in [-0.15, -0.1) is 0 Å². The highest BCUT2D eigenvalue weighted by Crippen LogP contribution is 2.36. The summed E-state index contributed by atoms with van der Waals surface area (Å²) in [6.07, 6.45) is -3.15. The van der Waals surface area contributed by atoms with E-state index in [0.29, 0.717) is 11.3 Å². The van der Waals surface area contributed by atoms with Crippen molar-refractivity contribution in [1.82, 2.24) is 0 Å². The van der Waals surface area contributed by atoms with Gasteiger partial charge in [-0.25, -0.2) is 0 Å². The van der Waals surface area contributed by atoms with Gasteiger partial charge in [-0.1, -0.05) is 6.07 Å². The summed E-state index contributed by atoms with van der Waals surface area (Å²) in [6.45, 7) is 0. The third-order valence-electron chi connectivity index (χ3n) is 3.38. The number of halogens is 3. The Balaban J connectivity index is 2.47. The molecule has 0 atom stereocenters. The summed E-state index contributed by atoms with van der Waals surface area (Å²) >= 11 is 0. The van der Waals surface area contributed by atoms with Crippen LogP contribution in [0.1, 0.15) is 11.1 Å². The average molecular weight is 338 g/mol. The molecule has 0 fully saturated rings. The lowest BCUT2D eigenvalue weighted by atomic mass is 10.1. The lowest BCUT2D eigenvalue weighted by molar-refractivity contribution is -0.137. The van der Waals surface area contributed by atoms with Gasteiger partial charge in [-0.2, -0.15) is 13.2 Å². The van der Waals surface area contributed by atoms with Crippen LogP contribution in [0.3, 0.4) is 0 Å². The summed E-state index contributed by atoms with van der Waals surface area (Å²) in [6, 6.07) is 8.16. The van der Waals surface area contributed by atoms with Gasteiger partial charge in [-0.05, 0) is 30.3 Å². The van der Waals surface area contributed by atoms with E-state index in [1.54, 1.807) is 37.2 Å². The first-order valence-corrected chi connectivity index (χ1v) is 7.02. The normalized spacial score (nSPS) is 11.8. The number of rotatable bonds is 4. The molecule has 0 aliphatic heterocycles. The Kier molecular flexibility index (Phi) is 5.02. The van der Waals surface area contributed by atoms with Gasteiger partial charge < -0.3 is 14.7 Å². The molecule has 0 bridgehead atoms. The molecule has 0 saturated carbocycles. The van der Waals surface area contributed by atoms with E-state index in [0.717, 1.165) is 12.1 Å². The summed E-state index contributed by atoms with van der Waals surface area (Å²) in [7, 11) is 4.84. The SMILES string of the molecule is COc1cccc(C=Nc2cc(C(F)(F)F)ccc2N(C)C)c1O. The molecule has 0 saturated heterocycles. The third-order valence-corrected chi connectivity index (χ3v) is 3.38. The number of methoxy groups -OCH3 is 1. The van der Waals surface area contributed by atoms with E-state index >= 15 is 0 Å². The molecular formula is C17H17F3N2O2. The topological polar surface area (TPSA) is 45.1 Å². The molecule has 0 spiro atoms. The second kappa shape index (κ2) is 6.82. The van der Waals surface area contributed by atoms with E-state index in [2.05, 4.69) is 4.99 Å². The number of phenols is 1. The van der Waals surface area contributed by atoms with Crippen LogP contribution >= 0.6 is 0 Å². The van der Waals surface area contributed by atoms with Gasteiger partial charge in [0.05, 0.1) is 24.0 Å². The van der Waals surface area contributed by atoms with Crippen LogP contribution in [0.2, 0.25) is 0 Å². The van der Waals surface area contributed by atoms with Crippen LogP contribution in [0.25, 0.3) is 0 Å². The lowest BCUT2D eigenvalue weighted by Crippen LogP contribution is -2.10. The highest BCUT2D eigenvalue weighted by Gasteiger charge is 2.31. The maximum atomic E-state index is 12.9. The van der Waals surface area contributed by atoms with Crippen LogP contribution in [-0.2, 0) is 6.18 Å². The fraction of sp³-hybridized carbons (Fsp3) is 0.235. The second-order valence-electron chi connectivity index (χ2n) is 5.25. The predicted octanol–water partition coefficient (Wildman–Crippen LogP) is 4.24. The largest absolute Gasteiger partial charge is 0.504 e. The lowest BCUT2D eigenvalue weighted by Gasteiger charge is -2.17. The molecule has 0 aliphatic rings. The standard InChI is InChI=1S/C17H17F3N2O2/c1-22(2)14-8-7-12(17(18,19)20)9-13(14)21-10-11-5-4-6-15(24-3)16(11)23/h4-10,23H,1-3H3. The molecule has 128 valence electrons. The number of hydrogen-bond donors (Lipinski definition) is 1. The monoisotopic (exact) mass is 338 g/mol. The van der Waals surface area contributed by atoms with E-state index in [1.165, 1.54) is 19.4 Å². The van der Waals surface area contributed by atoms with Crippen LogP contribution in [0.4, 0.5) is 24.5 Å². The number of para-hydroxylation sites is 1. The second-order valence-corrected chi connectivity index (χ2v) is 5.25. The zero-order valence-electron chi connectivity index (χ0n) is 13.4. The smallest absolute Gasteiger partial charge is 0.416 e. The van der Waals surface area contributed by atoms with Crippen LogP contribution in [0.15, 0.2) is 41.4 Å². The predicted molar refractivity (Wildman–Crippen MR) is 87.7 cm³/mol. The first kappa shape index (κ1) is 17.7. The molecule has 0 radical (unpaired) electrons. The van der Waals surface area contributed by atoms with E-state index in [4.69, 9.17) is 4.74 Å². The number of nitrogens with zero attached hydrogens (tertiary/aromatic N) is 2. The quantitative estimate of drug-likeness (QED) is 0.848. The number of ether oxygens (including phenoxy) is 1. The summed E-state index contributed by atoms with van der Waals surface area (Å²) < 4.78 is 43.7. The number of hydrogen-bond acceptors (Lipinski definition) is 4. The van der Waals surface area contributed by atoms with Crippen molar-refractivity contribution in [3.05, 3.63) is 47.5 Å². The molecule has 7 heteroatoms. The molecule has 0 aromatic heterocycles. The maximum absolute atomic E-state index is 12.9. The Morgan fingerprint density at radius 2 is 1.88 bits per heavy atom.